The maximum atomic E-state index is 12.1. The smallest absolute Gasteiger partial charge is 0.412 e. The normalized spacial score (nSPS) is 16.8. The summed E-state index contributed by atoms with van der Waals surface area (Å²) in [5.41, 5.74) is 0.136. The van der Waals surface area contributed by atoms with Gasteiger partial charge < -0.3 is 4.74 Å². The van der Waals surface area contributed by atoms with Crippen LogP contribution in [0.1, 0.15) is 19.4 Å². The Labute approximate surface area is 165 Å². The van der Waals surface area contributed by atoms with E-state index >= 15 is 0 Å². The van der Waals surface area contributed by atoms with Crippen LogP contribution in [0.15, 0.2) is 29.3 Å². The Kier molecular flexibility index (Phi) is 7.29. The Hall–Kier alpha value is -2.73. The van der Waals surface area contributed by atoms with Crippen LogP contribution in [-0.4, -0.2) is 51.5 Å². The molecule has 0 fully saturated rings. The SMILES string of the molecule is CC(C)(C[N+](=O)[O-])SC1CNCN=C1NC(=O)OCc1ccccc1[N+](=O)[O-]. The molecule has 0 aliphatic carbocycles. The minimum atomic E-state index is -0.795. The van der Waals surface area contributed by atoms with Crippen LogP contribution in [0, 0.1) is 20.2 Å². The van der Waals surface area contributed by atoms with Gasteiger partial charge in [-0.3, -0.25) is 35.9 Å². The van der Waals surface area contributed by atoms with Crippen molar-refractivity contribution in [2.75, 3.05) is 19.8 Å². The Morgan fingerprint density at radius 2 is 2.11 bits per heavy atom. The van der Waals surface area contributed by atoms with Crippen molar-refractivity contribution in [2.45, 2.75) is 30.5 Å². The highest BCUT2D eigenvalue weighted by Gasteiger charge is 2.33. The van der Waals surface area contributed by atoms with Crippen molar-refractivity contribution in [2.24, 2.45) is 4.99 Å². The number of alkyl carbamates (subject to hydrolysis) is 1. The summed E-state index contributed by atoms with van der Waals surface area (Å²) >= 11 is 1.33. The number of amidine groups is 1. The predicted molar refractivity (Wildman–Crippen MR) is 104 cm³/mol. The van der Waals surface area contributed by atoms with Gasteiger partial charge in [-0.2, -0.15) is 0 Å². The first-order chi connectivity index (χ1) is 13.2. The lowest BCUT2D eigenvalue weighted by Crippen LogP contribution is -2.48. The number of para-hydroxylation sites is 1. The summed E-state index contributed by atoms with van der Waals surface area (Å²) in [6.45, 7) is 3.78. The lowest BCUT2D eigenvalue weighted by atomic mass is 10.2. The quantitative estimate of drug-likeness (QED) is 0.510. The summed E-state index contributed by atoms with van der Waals surface area (Å²) in [7, 11) is 0. The topological polar surface area (TPSA) is 149 Å². The summed E-state index contributed by atoms with van der Waals surface area (Å²) in [4.78, 5) is 37.2. The third-order valence-electron chi connectivity index (χ3n) is 3.74. The van der Waals surface area contributed by atoms with Gasteiger partial charge in [0.15, 0.2) is 0 Å². The van der Waals surface area contributed by atoms with Gasteiger partial charge in [-0.25, -0.2) is 4.79 Å². The van der Waals surface area contributed by atoms with Crippen molar-refractivity contribution in [1.29, 1.82) is 0 Å². The zero-order chi connectivity index (χ0) is 20.7. The van der Waals surface area contributed by atoms with Crippen LogP contribution in [-0.2, 0) is 11.3 Å². The highest BCUT2D eigenvalue weighted by atomic mass is 32.2. The molecule has 0 radical (unpaired) electrons. The first-order valence-corrected chi connectivity index (χ1v) is 9.26. The lowest BCUT2D eigenvalue weighted by molar-refractivity contribution is -0.483. The molecule has 2 rings (SSSR count). The molecule has 1 aromatic carbocycles. The number of nitrogens with one attached hydrogen (secondary N) is 2. The van der Waals surface area contributed by atoms with E-state index in [1.54, 1.807) is 19.9 Å². The van der Waals surface area contributed by atoms with Gasteiger partial charge in [-0.15, -0.1) is 11.8 Å². The summed E-state index contributed by atoms with van der Waals surface area (Å²) in [6.07, 6.45) is -0.795. The second-order valence-corrected chi connectivity index (χ2v) is 8.51. The summed E-state index contributed by atoms with van der Waals surface area (Å²) < 4.78 is 4.43. The molecule has 2 N–H and O–H groups in total. The fourth-order valence-electron chi connectivity index (χ4n) is 2.58. The Bertz CT molecular complexity index is 785. The molecule has 1 aromatic rings. The van der Waals surface area contributed by atoms with Crippen LogP contribution in [0.25, 0.3) is 0 Å². The standard InChI is InChI=1S/C16H21N5O6S/c1-16(2,9-20(23)24)28-13-7-17-10-18-14(13)19-15(22)27-8-11-5-3-4-6-12(11)21(25)26/h3-6,13,17H,7-10H2,1-2H3,(H,18,19,22). The number of amides is 1. The molecule has 28 heavy (non-hydrogen) atoms. The maximum Gasteiger partial charge on any atom is 0.412 e. The van der Waals surface area contributed by atoms with E-state index in [1.807, 2.05) is 0 Å². The molecule has 152 valence electrons. The van der Waals surface area contributed by atoms with Crippen LogP contribution >= 0.6 is 11.8 Å². The van der Waals surface area contributed by atoms with Gasteiger partial charge in [0.05, 0.1) is 27.2 Å². The van der Waals surface area contributed by atoms with Gasteiger partial charge in [0.1, 0.15) is 12.4 Å². The minimum Gasteiger partial charge on any atom is -0.444 e. The Balaban J connectivity index is 1.97. The third kappa shape index (κ3) is 6.46. The zero-order valence-electron chi connectivity index (χ0n) is 15.4. The van der Waals surface area contributed by atoms with E-state index in [2.05, 4.69) is 15.6 Å². The second-order valence-electron chi connectivity index (χ2n) is 6.60. The number of carbonyl (C=O) groups is 1. The van der Waals surface area contributed by atoms with Gasteiger partial charge in [0.25, 0.3) is 5.69 Å². The van der Waals surface area contributed by atoms with E-state index < -0.39 is 15.8 Å². The van der Waals surface area contributed by atoms with Gasteiger partial charge in [-0.1, -0.05) is 12.1 Å². The van der Waals surface area contributed by atoms with Crippen LogP contribution in [0.2, 0.25) is 0 Å². The van der Waals surface area contributed by atoms with Crippen molar-refractivity contribution in [1.82, 2.24) is 10.6 Å². The number of hydrogen-bond donors (Lipinski definition) is 2. The van der Waals surface area contributed by atoms with Gasteiger partial charge in [0.2, 0.25) is 6.54 Å². The summed E-state index contributed by atoms with van der Waals surface area (Å²) in [6, 6.07) is 5.98. The van der Waals surface area contributed by atoms with Gasteiger partial charge in [0, 0.05) is 17.5 Å². The number of nitrogens with zero attached hydrogens (tertiary/aromatic N) is 3. The van der Waals surface area contributed by atoms with Crippen molar-refractivity contribution in [3.8, 4) is 0 Å². The third-order valence-corrected chi connectivity index (χ3v) is 5.19. The van der Waals surface area contributed by atoms with Gasteiger partial charge in [-0.05, 0) is 19.9 Å². The van der Waals surface area contributed by atoms with Crippen molar-refractivity contribution < 1.29 is 19.4 Å². The molecule has 11 nitrogen and oxygen atoms in total. The fraction of sp³-hybridized carbons (Fsp3) is 0.500. The Morgan fingerprint density at radius 1 is 1.39 bits per heavy atom. The number of hydrogen-bond acceptors (Lipinski definition) is 9. The molecule has 1 atom stereocenters. The molecule has 0 saturated carbocycles. The molecule has 1 aliphatic rings. The molecule has 1 amide bonds. The predicted octanol–water partition coefficient (Wildman–Crippen LogP) is 1.94. The second kappa shape index (κ2) is 9.46. The first-order valence-electron chi connectivity index (χ1n) is 8.39. The number of nitro benzene ring substituents is 1. The molecule has 1 heterocycles. The number of aliphatic imine (C=N–C) groups is 1. The number of benzene rings is 1. The molecule has 0 bridgehead atoms. The van der Waals surface area contributed by atoms with Crippen molar-refractivity contribution >= 4 is 29.4 Å². The van der Waals surface area contributed by atoms with E-state index in [-0.39, 0.29) is 34.6 Å². The summed E-state index contributed by atoms with van der Waals surface area (Å²) in [5, 5.41) is 27.1. The van der Waals surface area contributed by atoms with Crippen LogP contribution in [0.3, 0.4) is 0 Å². The Morgan fingerprint density at radius 3 is 2.79 bits per heavy atom. The fourth-order valence-corrected chi connectivity index (χ4v) is 3.98. The zero-order valence-corrected chi connectivity index (χ0v) is 16.2. The number of ether oxygens (including phenoxy) is 1. The summed E-state index contributed by atoms with van der Waals surface area (Å²) in [5.74, 6) is 0.354. The molecule has 0 aromatic heterocycles. The largest absolute Gasteiger partial charge is 0.444 e. The van der Waals surface area contributed by atoms with Crippen LogP contribution in [0.4, 0.5) is 10.5 Å². The van der Waals surface area contributed by atoms with Crippen molar-refractivity contribution in [3.63, 3.8) is 0 Å². The van der Waals surface area contributed by atoms with E-state index in [0.717, 1.165) is 0 Å². The molecule has 1 aliphatic heterocycles. The highest BCUT2D eigenvalue weighted by Crippen LogP contribution is 2.30. The highest BCUT2D eigenvalue weighted by molar-refractivity contribution is 8.02. The maximum absolute atomic E-state index is 12.1. The van der Waals surface area contributed by atoms with E-state index in [0.29, 0.717) is 19.0 Å². The van der Waals surface area contributed by atoms with Crippen LogP contribution < -0.4 is 10.6 Å². The molecular weight excluding hydrogens is 390 g/mol. The average Bonchev–Trinajstić information content (AvgIpc) is 2.60. The van der Waals surface area contributed by atoms with E-state index in [9.17, 15) is 25.0 Å². The van der Waals surface area contributed by atoms with Crippen LogP contribution in [0.5, 0.6) is 0 Å². The number of thioether (sulfide) groups is 1. The molecule has 1 unspecified atom stereocenters. The van der Waals surface area contributed by atoms with E-state index in [1.165, 1.54) is 30.0 Å². The molecular formula is C16H21N5O6S. The first kappa shape index (κ1) is 21.6. The lowest BCUT2D eigenvalue weighted by Gasteiger charge is -2.29. The average molecular weight is 411 g/mol. The number of rotatable bonds is 7. The van der Waals surface area contributed by atoms with E-state index in [4.69, 9.17) is 4.74 Å². The number of carbonyl (C=O) groups excluding carboxylic acids is 1. The van der Waals surface area contributed by atoms with Crippen molar-refractivity contribution in [3.05, 3.63) is 50.1 Å². The molecule has 0 spiro atoms. The molecule has 12 heteroatoms. The molecule has 0 saturated heterocycles. The minimum absolute atomic E-state index is 0.135. The van der Waals surface area contributed by atoms with Gasteiger partial charge >= 0.3 is 6.09 Å². The number of nitro groups is 2. The monoisotopic (exact) mass is 411 g/mol.